The van der Waals surface area contributed by atoms with Gasteiger partial charge in [0, 0.05) is 18.3 Å². The highest BCUT2D eigenvalue weighted by Gasteiger charge is 2.17. The second-order valence-corrected chi connectivity index (χ2v) is 6.27. The van der Waals surface area contributed by atoms with Crippen molar-refractivity contribution in [1.82, 2.24) is 9.78 Å². The van der Waals surface area contributed by atoms with Gasteiger partial charge in [0.15, 0.2) is 5.69 Å². The summed E-state index contributed by atoms with van der Waals surface area (Å²) in [7, 11) is 4.68. The van der Waals surface area contributed by atoms with Gasteiger partial charge in [-0.3, -0.25) is 9.48 Å². The van der Waals surface area contributed by atoms with Crippen molar-refractivity contribution in [3.63, 3.8) is 0 Å². The van der Waals surface area contributed by atoms with Crippen LogP contribution in [0.2, 0.25) is 0 Å². The Morgan fingerprint density at radius 2 is 1.86 bits per heavy atom. The molecule has 1 N–H and O–H groups in total. The lowest BCUT2D eigenvalue weighted by atomic mass is 10.1. The number of esters is 1. The van der Waals surface area contributed by atoms with Crippen LogP contribution in [0.4, 0.5) is 5.69 Å². The minimum atomic E-state index is -0.470. The number of carbonyl (C=O) groups is 2. The van der Waals surface area contributed by atoms with Gasteiger partial charge in [-0.1, -0.05) is 17.7 Å². The van der Waals surface area contributed by atoms with Crippen LogP contribution in [0.25, 0.3) is 11.3 Å². The number of aryl methyl sites for hydroxylation is 2. The molecule has 3 aromatic rings. The van der Waals surface area contributed by atoms with Gasteiger partial charge >= 0.3 is 5.97 Å². The largest absolute Gasteiger partial charge is 0.496 e. The van der Waals surface area contributed by atoms with Crippen LogP contribution in [0.3, 0.4) is 0 Å². The maximum Gasteiger partial charge on any atom is 0.337 e. The number of nitrogens with zero attached hydrogens (tertiary/aromatic N) is 2. The van der Waals surface area contributed by atoms with Crippen molar-refractivity contribution in [3.8, 4) is 17.0 Å². The molecule has 0 saturated heterocycles. The number of nitrogens with one attached hydrogen (secondary N) is 1. The SMILES string of the molecule is COC(=O)c1cccc(NC(=O)c2cc(-c3cc(C)ccc3OC)n(C)n2)c1. The zero-order chi connectivity index (χ0) is 20.3. The topological polar surface area (TPSA) is 82.5 Å². The third-order valence-electron chi connectivity index (χ3n) is 4.28. The van der Waals surface area contributed by atoms with Crippen LogP contribution in [0.1, 0.15) is 26.4 Å². The lowest BCUT2D eigenvalue weighted by Gasteiger charge is -2.09. The molecule has 0 atom stereocenters. The van der Waals surface area contributed by atoms with E-state index in [1.165, 1.54) is 7.11 Å². The van der Waals surface area contributed by atoms with Gasteiger partial charge in [0.1, 0.15) is 5.75 Å². The summed E-state index contributed by atoms with van der Waals surface area (Å²) < 4.78 is 11.8. The number of hydrogen-bond donors (Lipinski definition) is 1. The first-order valence-electron chi connectivity index (χ1n) is 8.61. The average Bonchev–Trinajstić information content (AvgIpc) is 3.09. The quantitative estimate of drug-likeness (QED) is 0.687. The van der Waals surface area contributed by atoms with E-state index >= 15 is 0 Å². The van der Waals surface area contributed by atoms with Crippen molar-refractivity contribution < 1.29 is 19.1 Å². The van der Waals surface area contributed by atoms with E-state index in [1.807, 2.05) is 25.1 Å². The third kappa shape index (κ3) is 3.88. The van der Waals surface area contributed by atoms with Crippen LogP contribution in [-0.4, -0.2) is 35.9 Å². The number of carbonyl (C=O) groups excluding carboxylic acids is 2. The molecule has 0 aliphatic rings. The number of benzene rings is 2. The van der Waals surface area contributed by atoms with E-state index in [0.29, 0.717) is 17.0 Å². The maximum atomic E-state index is 12.6. The fourth-order valence-corrected chi connectivity index (χ4v) is 2.89. The molecule has 0 spiro atoms. The molecule has 7 nitrogen and oxygen atoms in total. The molecule has 7 heteroatoms. The molecule has 3 rings (SSSR count). The first kappa shape index (κ1) is 19.2. The van der Waals surface area contributed by atoms with Crippen LogP contribution in [0.5, 0.6) is 5.75 Å². The van der Waals surface area contributed by atoms with E-state index in [0.717, 1.165) is 16.8 Å². The minimum Gasteiger partial charge on any atom is -0.496 e. The Hall–Kier alpha value is -3.61. The molecule has 2 aromatic carbocycles. The van der Waals surface area contributed by atoms with Gasteiger partial charge in [0.05, 0.1) is 25.5 Å². The van der Waals surface area contributed by atoms with E-state index in [4.69, 9.17) is 9.47 Å². The summed E-state index contributed by atoms with van der Waals surface area (Å²) >= 11 is 0. The molecular weight excluding hydrogens is 358 g/mol. The number of hydrogen-bond acceptors (Lipinski definition) is 5. The number of amides is 1. The Morgan fingerprint density at radius 1 is 1.07 bits per heavy atom. The number of methoxy groups -OCH3 is 2. The minimum absolute atomic E-state index is 0.254. The Kier molecular flexibility index (Phi) is 5.44. The summed E-state index contributed by atoms with van der Waals surface area (Å²) in [6.45, 7) is 1.99. The van der Waals surface area contributed by atoms with Crippen LogP contribution in [0, 0.1) is 6.92 Å². The standard InChI is InChI=1S/C21H21N3O4/c1-13-8-9-19(27-3)16(10-13)18-12-17(23-24(18)2)20(25)22-15-7-5-6-14(11-15)21(26)28-4/h5-12H,1-4H3,(H,22,25). The second-order valence-electron chi connectivity index (χ2n) is 6.27. The summed E-state index contributed by atoms with van der Waals surface area (Å²) in [5.41, 5.74) is 3.77. The van der Waals surface area contributed by atoms with E-state index in [9.17, 15) is 9.59 Å². The molecule has 1 amide bonds. The molecular formula is C21H21N3O4. The Balaban J connectivity index is 1.88. The molecule has 0 unspecified atom stereocenters. The van der Waals surface area contributed by atoms with Crippen LogP contribution in [-0.2, 0) is 11.8 Å². The first-order chi connectivity index (χ1) is 13.4. The summed E-state index contributed by atoms with van der Waals surface area (Å²) in [5, 5.41) is 7.08. The van der Waals surface area contributed by atoms with Gasteiger partial charge in [0.25, 0.3) is 5.91 Å². The van der Waals surface area contributed by atoms with Crippen LogP contribution < -0.4 is 10.1 Å². The second kappa shape index (κ2) is 7.96. The Morgan fingerprint density at radius 3 is 2.57 bits per heavy atom. The molecule has 1 heterocycles. The molecule has 28 heavy (non-hydrogen) atoms. The number of rotatable bonds is 5. The average molecular weight is 379 g/mol. The zero-order valence-corrected chi connectivity index (χ0v) is 16.1. The molecule has 0 radical (unpaired) electrons. The molecule has 0 aliphatic heterocycles. The van der Waals surface area contributed by atoms with Crippen molar-refractivity contribution in [1.29, 1.82) is 0 Å². The number of ether oxygens (including phenoxy) is 2. The van der Waals surface area contributed by atoms with Crippen molar-refractivity contribution in [3.05, 3.63) is 65.4 Å². The normalized spacial score (nSPS) is 10.4. The van der Waals surface area contributed by atoms with Crippen molar-refractivity contribution in [2.75, 3.05) is 19.5 Å². The summed E-state index contributed by atoms with van der Waals surface area (Å²) in [4.78, 5) is 24.3. The van der Waals surface area contributed by atoms with Crippen molar-refractivity contribution in [2.24, 2.45) is 7.05 Å². The van der Waals surface area contributed by atoms with Crippen molar-refractivity contribution in [2.45, 2.75) is 6.92 Å². The molecule has 0 saturated carbocycles. The lowest BCUT2D eigenvalue weighted by Crippen LogP contribution is -2.13. The first-order valence-corrected chi connectivity index (χ1v) is 8.61. The van der Waals surface area contributed by atoms with Crippen LogP contribution in [0.15, 0.2) is 48.5 Å². The van der Waals surface area contributed by atoms with Gasteiger partial charge in [-0.2, -0.15) is 5.10 Å². The Bertz CT molecular complexity index is 1040. The fourth-order valence-electron chi connectivity index (χ4n) is 2.89. The molecule has 144 valence electrons. The zero-order valence-electron chi connectivity index (χ0n) is 16.1. The lowest BCUT2D eigenvalue weighted by molar-refractivity contribution is 0.0600. The smallest absolute Gasteiger partial charge is 0.337 e. The van der Waals surface area contributed by atoms with Crippen LogP contribution >= 0.6 is 0 Å². The monoisotopic (exact) mass is 379 g/mol. The molecule has 0 aliphatic carbocycles. The molecule has 0 fully saturated rings. The van der Waals surface area contributed by atoms with E-state index in [1.54, 1.807) is 49.2 Å². The van der Waals surface area contributed by atoms with E-state index in [-0.39, 0.29) is 11.6 Å². The fraction of sp³-hybridized carbons (Fsp3) is 0.190. The summed E-state index contributed by atoms with van der Waals surface area (Å²) in [6.07, 6.45) is 0. The highest BCUT2D eigenvalue weighted by molar-refractivity contribution is 6.04. The summed E-state index contributed by atoms with van der Waals surface area (Å²) in [5.74, 6) is -0.149. The van der Waals surface area contributed by atoms with Gasteiger partial charge in [-0.15, -0.1) is 0 Å². The third-order valence-corrected chi connectivity index (χ3v) is 4.28. The predicted octanol–water partition coefficient (Wildman–Crippen LogP) is 3.44. The highest BCUT2D eigenvalue weighted by Crippen LogP contribution is 2.31. The highest BCUT2D eigenvalue weighted by atomic mass is 16.5. The maximum absolute atomic E-state index is 12.6. The Labute approximate surface area is 162 Å². The summed E-state index contributed by atoms with van der Waals surface area (Å²) in [6, 6.07) is 14.1. The van der Waals surface area contributed by atoms with Gasteiger partial charge in [-0.25, -0.2) is 4.79 Å². The van der Waals surface area contributed by atoms with Gasteiger partial charge in [-0.05, 0) is 43.3 Å². The molecule has 0 bridgehead atoms. The van der Waals surface area contributed by atoms with Crippen molar-refractivity contribution >= 4 is 17.6 Å². The number of aromatic nitrogens is 2. The van der Waals surface area contributed by atoms with E-state index in [2.05, 4.69) is 10.4 Å². The van der Waals surface area contributed by atoms with Gasteiger partial charge < -0.3 is 14.8 Å². The van der Waals surface area contributed by atoms with Gasteiger partial charge in [0.2, 0.25) is 0 Å². The number of anilines is 1. The van der Waals surface area contributed by atoms with E-state index < -0.39 is 5.97 Å². The predicted molar refractivity (Wildman–Crippen MR) is 106 cm³/mol. The molecule has 1 aromatic heterocycles.